The summed E-state index contributed by atoms with van der Waals surface area (Å²) in [4.78, 5) is 11.6. The van der Waals surface area contributed by atoms with E-state index in [9.17, 15) is 4.79 Å². The average Bonchev–Trinajstić information content (AvgIpc) is 2.31. The largest absolute Gasteiger partial charge is 0.379 e. The lowest BCUT2D eigenvalue weighted by Gasteiger charge is -2.29. The third-order valence-corrected chi connectivity index (χ3v) is 2.59. The molecule has 0 radical (unpaired) electrons. The Bertz CT molecular complexity index is 264. The zero-order chi connectivity index (χ0) is 11.2. The number of ether oxygens (including phenoxy) is 1. The zero-order valence-electron chi connectivity index (χ0n) is 9.32. The number of urea groups is 1. The smallest absolute Gasteiger partial charge is 0.343 e. The van der Waals surface area contributed by atoms with Crippen molar-refractivity contribution in [3.63, 3.8) is 0 Å². The van der Waals surface area contributed by atoms with Crippen LogP contribution in [0.1, 0.15) is 6.42 Å². The van der Waals surface area contributed by atoms with Gasteiger partial charge in [0.25, 0.3) is 0 Å². The molecule has 1 saturated heterocycles. The molecule has 2 aliphatic heterocycles. The number of amides is 2. The number of hydrazine groups is 2. The van der Waals surface area contributed by atoms with Crippen LogP contribution in [0.2, 0.25) is 0 Å². The maximum Gasteiger partial charge on any atom is 0.343 e. The minimum absolute atomic E-state index is 0.169. The summed E-state index contributed by atoms with van der Waals surface area (Å²) >= 11 is 0. The number of nitrogens with one attached hydrogen (secondary N) is 2. The highest BCUT2D eigenvalue weighted by Crippen LogP contribution is 1.97. The molecular formula is C10H18N4O2. The monoisotopic (exact) mass is 226 g/mol. The van der Waals surface area contributed by atoms with Crippen LogP contribution in [0, 0.1) is 0 Å². The van der Waals surface area contributed by atoms with Gasteiger partial charge in [0.05, 0.1) is 13.2 Å². The summed E-state index contributed by atoms with van der Waals surface area (Å²) in [6.45, 7) is 4.48. The van der Waals surface area contributed by atoms with Crippen molar-refractivity contribution >= 4 is 6.03 Å². The van der Waals surface area contributed by atoms with Crippen LogP contribution in [0.4, 0.5) is 4.79 Å². The summed E-state index contributed by atoms with van der Waals surface area (Å²) in [7, 11) is 0. The van der Waals surface area contributed by atoms with Crippen molar-refractivity contribution in [1.29, 1.82) is 0 Å². The first-order chi connectivity index (χ1) is 7.84. The third kappa shape index (κ3) is 3.48. The Hall–Kier alpha value is -1.11. The van der Waals surface area contributed by atoms with E-state index in [-0.39, 0.29) is 6.03 Å². The van der Waals surface area contributed by atoms with Gasteiger partial charge in [-0.05, 0) is 6.42 Å². The summed E-state index contributed by atoms with van der Waals surface area (Å²) in [5.74, 6) is 0. The van der Waals surface area contributed by atoms with E-state index in [0.29, 0.717) is 13.2 Å². The molecule has 2 rings (SSSR count). The van der Waals surface area contributed by atoms with Gasteiger partial charge in [-0.2, -0.15) is 0 Å². The van der Waals surface area contributed by atoms with E-state index in [4.69, 9.17) is 4.74 Å². The molecule has 0 unspecified atom stereocenters. The molecular weight excluding hydrogens is 208 g/mol. The van der Waals surface area contributed by atoms with Gasteiger partial charge in [0.15, 0.2) is 0 Å². The van der Waals surface area contributed by atoms with Crippen molar-refractivity contribution in [2.45, 2.75) is 6.42 Å². The summed E-state index contributed by atoms with van der Waals surface area (Å²) in [5, 5.41) is 3.77. The number of carbonyl (C=O) groups excluding carboxylic acids is 1. The molecule has 0 atom stereocenters. The second kappa shape index (κ2) is 5.83. The minimum Gasteiger partial charge on any atom is -0.379 e. The summed E-state index contributed by atoms with van der Waals surface area (Å²) in [5.41, 5.74) is 5.62. The van der Waals surface area contributed by atoms with Gasteiger partial charge < -0.3 is 4.74 Å². The van der Waals surface area contributed by atoms with E-state index < -0.39 is 0 Å². The quantitative estimate of drug-likeness (QED) is 0.635. The van der Waals surface area contributed by atoms with Gasteiger partial charge in [0.2, 0.25) is 0 Å². The van der Waals surface area contributed by atoms with Gasteiger partial charge >= 0.3 is 6.03 Å². The van der Waals surface area contributed by atoms with E-state index in [1.807, 2.05) is 10.0 Å². The summed E-state index contributed by atoms with van der Waals surface area (Å²) < 4.78 is 5.20. The second-order valence-corrected chi connectivity index (χ2v) is 3.86. The minimum atomic E-state index is -0.169. The Morgan fingerprint density at radius 3 is 2.50 bits per heavy atom. The van der Waals surface area contributed by atoms with Crippen LogP contribution in [-0.2, 0) is 4.74 Å². The molecule has 16 heavy (non-hydrogen) atoms. The van der Waals surface area contributed by atoms with Gasteiger partial charge in [-0.3, -0.25) is 10.9 Å². The predicted octanol–water partition coefficient (Wildman–Crippen LogP) is -0.290. The highest BCUT2D eigenvalue weighted by molar-refractivity contribution is 5.72. The molecule has 2 aliphatic rings. The van der Waals surface area contributed by atoms with Crippen LogP contribution in [0.5, 0.6) is 0 Å². The van der Waals surface area contributed by atoms with E-state index >= 15 is 0 Å². The standard InChI is InChI=1S/C10H18N4O2/c15-10(11-13-4-2-1-3-5-13)12-14-6-8-16-9-7-14/h1-2H,3-9H2,(H2,11,12,15). The molecule has 0 aromatic rings. The predicted molar refractivity (Wildman–Crippen MR) is 59.4 cm³/mol. The van der Waals surface area contributed by atoms with Crippen molar-refractivity contribution in [2.24, 2.45) is 0 Å². The molecule has 0 aromatic heterocycles. The van der Waals surface area contributed by atoms with Crippen LogP contribution in [0.25, 0.3) is 0 Å². The normalized spacial score (nSPS) is 23.0. The molecule has 2 amide bonds. The van der Waals surface area contributed by atoms with E-state index in [0.717, 1.165) is 32.6 Å². The van der Waals surface area contributed by atoms with E-state index in [1.165, 1.54) is 0 Å². The number of morpholine rings is 1. The van der Waals surface area contributed by atoms with Crippen LogP contribution < -0.4 is 10.9 Å². The second-order valence-electron chi connectivity index (χ2n) is 3.86. The fraction of sp³-hybridized carbons (Fsp3) is 0.700. The molecule has 0 spiro atoms. The van der Waals surface area contributed by atoms with Crippen LogP contribution in [0.15, 0.2) is 12.2 Å². The van der Waals surface area contributed by atoms with Crippen molar-refractivity contribution in [3.8, 4) is 0 Å². The Balaban J connectivity index is 1.68. The van der Waals surface area contributed by atoms with Crippen molar-refractivity contribution < 1.29 is 9.53 Å². The highest BCUT2D eigenvalue weighted by atomic mass is 16.5. The van der Waals surface area contributed by atoms with Gasteiger partial charge in [0, 0.05) is 26.2 Å². The van der Waals surface area contributed by atoms with Crippen molar-refractivity contribution in [3.05, 3.63) is 12.2 Å². The van der Waals surface area contributed by atoms with Gasteiger partial charge in [-0.1, -0.05) is 12.2 Å². The van der Waals surface area contributed by atoms with Crippen LogP contribution in [-0.4, -0.2) is 55.4 Å². The summed E-state index contributed by atoms with van der Waals surface area (Å²) in [6, 6.07) is -0.169. The maximum atomic E-state index is 11.6. The number of nitrogens with zero attached hydrogens (tertiary/aromatic N) is 2. The molecule has 1 fully saturated rings. The molecule has 2 N–H and O–H groups in total. The molecule has 6 nitrogen and oxygen atoms in total. The number of hydrogen-bond donors (Lipinski definition) is 2. The molecule has 6 heteroatoms. The number of hydrogen-bond acceptors (Lipinski definition) is 4. The first-order valence-electron chi connectivity index (χ1n) is 5.64. The van der Waals surface area contributed by atoms with Gasteiger partial charge in [-0.25, -0.2) is 14.8 Å². The van der Waals surface area contributed by atoms with Crippen LogP contribution >= 0.6 is 0 Å². The van der Waals surface area contributed by atoms with E-state index in [1.54, 1.807) is 0 Å². The lowest BCUT2D eigenvalue weighted by Crippen LogP contribution is -2.55. The fourth-order valence-corrected chi connectivity index (χ4v) is 1.73. The summed E-state index contributed by atoms with van der Waals surface area (Å²) in [6.07, 6.45) is 5.16. The SMILES string of the molecule is O=C(NN1CC=CCC1)NN1CCOCC1. The lowest BCUT2D eigenvalue weighted by molar-refractivity contribution is 0.0174. The Morgan fingerprint density at radius 1 is 1.06 bits per heavy atom. The van der Waals surface area contributed by atoms with Gasteiger partial charge in [-0.15, -0.1) is 0 Å². The molecule has 0 saturated carbocycles. The highest BCUT2D eigenvalue weighted by Gasteiger charge is 2.14. The Kier molecular flexibility index (Phi) is 4.15. The van der Waals surface area contributed by atoms with Crippen molar-refractivity contribution in [2.75, 3.05) is 39.4 Å². The third-order valence-electron chi connectivity index (χ3n) is 2.59. The topological polar surface area (TPSA) is 56.8 Å². The van der Waals surface area contributed by atoms with Crippen molar-refractivity contribution in [1.82, 2.24) is 20.9 Å². The van der Waals surface area contributed by atoms with Crippen LogP contribution in [0.3, 0.4) is 0 Å². The van der Waals surface area contributed by atoms with Gasteiger partial charge in [0.1, 0.15) is 0 Å². The molecule has 0 bridgehead atoms. The molecule has 0 aromatic carbocycles. The Labute approximate surface area is 95.2 Å². The Morgan fingerprint density at radius 2 is 1.81 bits per heavy atom. The molecule has 0 aliphatic carbocycles. The first-order valence-corrected chi connectivity index (χ1v) is 5.64. The van der Waals surface area contributed by atoms with E-state index in [2.05, 4.69) is 23.0 Å². The number of carbonyl (C=O) groups is 1. The lowest BCUT2D eigenvalue weighted by atomic mass is 10.3. The molecule has 2 heterocycles. The maximum absolute atomic E-state index is 11.6. The molecule has 90 valence electrons. The fourth-order valence-electron chi connectivity index (χ4n) is 1.73. The average molecular weight is 226 g/mol. The number of rotatable bonds is 2. The first kappa shape index (κ1) is 11.4. The zero-order valence-corrected chi connectivity index (χ0v) is 9.32.